The largest absolute Gasteiger partial charge is 0.365 e. The molecule has 0 fully saturated rings. The molecule has 1 rings (SSSR count). The summed E-state index contributed by atoms with van der Waals surface area (Å²) < 4.78 is 0. The molecule has 0 saturated heterocycles. The molecule has 1 aromatic carbocycles. The Labute approximate surface area is 119 Å². The summed E-state index contributed by atoms with van der Waals surface area (Å²) in [5.41, 5.74) is 1.25. The van der Waals surface area contributed by atoms with Crippen LogP contribution >= 0.6 is 35.7 Å². The third-order valence-electron chi connectivity index (χ3n) is 1.97. The zero-order valence-corrected chi connectivity index (χ0v) is 12.9. The summed E-state index contributed by atoms with van der Waals surface area (Å²) in [6.45, 7) is 3.91. The fourth-order valence-corrected chi connectivity index (χ4v) is 1.61. The summed E-state index contributed by atoms with van der Waals surface area (Å²) >= 11 is 1.67. The number of halogens is 1. The van der Waals surface area contributed by atoms with E-state index in [-0.39, 0.29) is 24.0 Å². The molecular weight excluding hydrogens is 331 g/mol. The van der Waals surface area contributed by atoms with Gasteiger partial charge >= 0.3 is 0 Å². The van der Waals surface area contributed by atoms with Gasteiger partial charge in [0.15, 0.2) is 5.17 Å². The van der Waals surface area contributed by atoms with E-state index in [1.165, 1.54) is 5.56 Å². The first-order valence-electron chi connectivity index (χ1n) is 5.23. The molecule has 0 aliphatic carbocycles. The van der Waals surface area contributed by atoms with Gasteiger partial charge in [-0.15, -0.1) is 24.0 Å². The quantitative estimate of drug-likeness (QED) is 0.510. The Bertz CT molecular complexity index is 301. The SMILES string of the molecule is CCCNC(=NCc1ccccc1)SC.I. The maximum absolute atomic E-state index is 4.52. The molecule has 0 unspecified atom stereocenters. The fourth-order valence-electron chi connectivity index (χ4n) is 1.17. The highest BCUT2D eigenvalue weighted by molar-refractivity contribution is 14.0. The van der Waals surface area contributed by atoms with Crippen LogP contribution in [-0.4, -0.2) is 18.0 Å². The van der Waals surface area contributed by atoms with Crippen LogP contribution in [0.4, 0.5) is 0 Å². The van der Waals surface area contributed by atoms with E-state index in [4.69, 9.17) is 0 Å². The van der Waals surface area contributed by atoms with E-state index in [0.717, 1.165) is 24.7 Å². The Morgan fingerprint density at radius 3 is 2.56 bits per heavy atom. The zero-order chi connectivity index (χ0) is 10.9. The average Bonchev–Trinajstić information content (AvgIpc) is 2.31. The molecule has 0 radical (unpaired) electrons. The third-order valence-corrected chi connectivity index (χ3v) is 2.63. The highest BCUT2D eigenvalue weighted by Crippen LogP contribution is 2.03. The molecule has 0 bridgehead atoms. The van der Waals surface area contributed by atoms with E-state index in [2.05, 4.69) is 29.4 Å². The molecule has 0 heterocycles. The molecule has 4 heteroatoms. The van der Waals surface area contributed by atoms with Gasteiger partial charge in [0.25, 0.3) is 0 Å². The Kier molecular flexibility index (Phi) is 9.82. The number of thioether (sulfide) groups is 1. The van der Waals surface area contributed by atoms with Crippen LogP contribution in [0, 0.1) is 0 Å². The molecule has 0 aliphatic heterocycles. The minimum absolute atomic E-state index is 0. The molecule has 1 N–H and O–H groups in total. The van der Waals surface area contributed by atoms with E-state index in [1.807, 2.05) is 24.5 Å². The van der Waals surface area contributed by atoms with E-state index >= 15 is 0 Å². The van der Waals surface area contributed by atoms with E-state index in [0.29, 0.717) is 0 Å². The van der Waals surface area contributed by atoms with E-state index in [1.54, 1.807) is 11.8 Å². The molecule has 0 spiro atoms. The topological polar surface area (TPSA) is 24.4 Å². The van der Waals surface area contributed by atoms with Gasteiger partial charge in [0.05, 0.1) is 6.54 Å². The highest BCUT2D eigenvalue weighted by Gasteiger charge is 1.94. The molecule has 0 aliphatic rings. The summed E-state index contributed by atoms with van der Waals surface area (Å²) in [4.78, 5) is 4.52. The van der Waals surface area contributed by atoms with E-state index < -0.39 is 0 Å². The van der Waals surface area contributed by atoms with Crippen molar-refractivity contribution in [1.29, 1.82) is 0 Å². The van der Waals surface area contributed by atoms with Crippen LogP contribution < -0.4 is 5.32 Å². The second-order valence-electron chi connectivity index (χ2n) is 3.24. The van der Waals surface area contributed by atoms with Crippen LogP contribution in [0.3, 0.4) is 0 Å². The van der Waals surface area contributed by atoms with Crippen molar-refractivity contribution in [3.05, 3.63) is 35.9 Å². The van der Waals surface area contributed by atoms with Gasteiger partial charge in [-0.25, -0.2) is 0 Å². The summed E-state index contributed by atoms with van der Waals surface area (Å²) in [5, 5.41) is 4.33. The Balaban J connectivity index is 0.00000225. The number of hydrogen-bond donors (Lipinski definition) is 1. The van der Waals surface area contributed by atoms with Crippen LogP contribution in [0.15, 0.2) is 35.3 Å². The number of benzene rings is 1. The van der Waals surface area contributed by atoms with Crippen molar-refractivity contribution in [3.63, 3.8) is 0 Å². The molecule has 0 aromatic heterocycles. The summed E-state index contributed by atoms with van der Waals surface area (Å²) in [6, 6.07) is 10.3. The minimum atomic E-state index is 0. The van der Waals surface area contributed by atoms with Gasteiger partial charge in [-0.05, 0) is 18.2 Å². The summed E-state index contributed by atoms with van der Waals surface area (Å²) in [7, 11) is 0. The van der Waals surface area contributed by atoms with Crippen LogP contribution in [0.5, 0.6) is 0 Å². The molecule has 90 valence electrons. The van der Waals surface area contributed by atoms with Crippen molar-refractivity contribution >= 4 is 40.9 Å². The second-order valence-corrected chi connectivity index (χ2v) is 4.03. The molecule has 0 atom stereocenters. The van der Waals surface area contributed by atoms with Crippen LogP contribution in [0.1, 0.15) is 18.9 Å². The predicted molar refractivity (Wildman–Crippen MR) is 84.8 cm³/mol. The molecule has 16 heavy (non-hydrogen) atoms. The lowest BCUT2D eigenvalue weighted by Gasteiger charge is -2.05. The predicted octanol–water partition coefficient (Wildman–Crippen LogP) is 3.52. The van der Waals surface area contributed by atoms with Crippen LogP contribution in [0.25, 0.3) is 0 Å². The number of nitrogens with zero attached hydrogens (tertiary/aromatic N) is 1. The number of amidine groups is 1. The van der Waals surface area contributed by atoms with Crippen molar-refractivity contribution in [1.82, 2.24) is 5.32 Å². The first-order valence-corrected chi connectivity index (χ1v) is 6.45. The lowest BCUT2D eigenvalue weighted by atomic mass is 10.2. The van der Waals surface area contributed by atoms with Gasteiger partial charge in [0.1, 0.15) is 0 Å². The Morgan fingerprint density at radius 2 is 2.00 bits per heavy atom. The van der Waals surface area contributed by atoms with E-state index in [9.17, 15) is 0 Å². The molecule has 1 aromatic rings. The molecular formula is C12H19IN2S. The van der Waals surface area contributed by atoms with Crippen LogP contribution in [-0.2, 0) is 6.54 Å². The number of nitrogens with one attached hydrogen (secondary N) is 1. The van der Waals surface area contributed by atoms with Gasteiger partial charge in [-0.2, -0.15) is 0 Å². The standard InChI is InChI=1S/C12H18N2S.HI/c1-3-9-13-12(15-2)14-10-11-7-5-4-6-8-11;/h4-8H,3,9-10H2,1-2H3,(H,13,14);1H. The lowest BCUT2D eigenvalue weighted by molar-refractivity contribution is 0.841. The number of hydrogen-bond acceptors (Lipinski definition) is 2. The van der Waals surface area contributed by atoms with Crippen molar-refractivity contribution in [2.24, 2.45) is 4.99 Å². The smallest absolute Gasteiger partial charge is 0.156 e. The monoisotopic (exact) mass is 350 g/mol. The summed E-state index contributed by atoms with van der Waals surface area (Å²) in [6.07, 6.45) is 3.18. The maximum Gasteiger partial charge on any atom is 0.156 e. The third kappa shape index (κ3) is 6.37. The number of rotatable bonds is 4. The fraction of sp³-hybridized carbons (Fsp3) is 0.417. The molecule has 2 nitrogen and oxygen atoms in total. The van der Waals surface area contributed by atoms with Gasteiger partial charge in [0.2, 0.25) is 0 Å². The van der Waals surface area contributed by atoms with Gasteiger partial charge in [-0.3, -0.25) is 4.99 Å². The molecule has 0 saturated carbocycles. The van der Waals surface area contributed by atoms with Gasteiger partial charge in [-0.1, -0.05) is 49.0 Å². The van der Waals surface area contributed by atoms with Crippen molar-refractivity contribution in [2.75, 3.05) is 12.8 Å². The zero-order valence-electron chi connectivity index (χ0n) is 9.77. The second kappa shape index (κ2) is 9.96. The van der Waals surface area contributed by atoms with Crippen molar-refractivity contribution in [3.8, 4) is 0 Å². The average molecular weight is 350 g/mol. The van der Waals surface area contributed by atoms with Crippen molar-refractivity contribution < 1.29 is 0 Å². The first kappa shape index (κ1) is 15.8. The lowest BCUT2D eigenvalue weighted by Crippen LogP contribution is -2.20. The summed E-state index contributed by atoms with van der Waals surface area (Å²) in [5.74, 6) is 0. The Hall–Kier alpha value is -0.230. The highest BCUT2D eigenvalue weighted by atomic mass is 127. The van der Waals surface area contributed by atoms with Gasteiger partial charge < -0.3 is 5.32 Å². The maximum atomic E-state index is 4.52. The Morgan fingerprint density at radius 1 is 1.31 bits per heavy atom. The minimum Gasteiger partial charge on any atom is -0.365 e. The molecule has 0 amide bonds. The normalized spacial score (nSPS) is 10.8. The van der Waals surface area contributed by atoms with Gasteiger partial charge in [0, 0.05) is 6.54 Å². The number of aliphatic imine (C=N–C) groups is 1. The first-order chi connectivity index (χ1) is 7.36. The van der Waals surface area contributed by atoms with Crippen LogP contribution in [0.2, 0.25) is 0 Å². The van der Waals surface area contributed by atoms with Crippen molar-refractivity contribution in [2.45, 2.75) is 19.9 Å².